The van der Waals surface area contributed by atoms with E-state index in [4.69, 9.17) is 0 Å². The highest BCUT2D eigenvalue weighted by Gasteiger charge is 2.46. The molecular weight excluding hydrogens is 593 g/mol. The normalized spacial score (nSPS) is 18.2. The molecule has 49 heavy (non-hydrogen) atoms. The standard InChI is InChI=1S/C45H38BN3/c1-45(2)34-21-9-13-25-38(34)49(39-26-14-10-22-35(39)45)33-29-42-44-43(30-33)48(32-19-7-4-8-20-32)41-28-16-12-24-37(41)46(44)36-23-11-15-27-40(36)47(42)31-17-5-3-6-18-31/h3-9,11-13,15,17-27,29-30H,10,14,16,28H2,1-2H3. The Morgan fingerprint density at radius 1 is 0.571 bits per heavy atom. The molecule has 0 N–H and O–H groups in total. The molecule has 0 spiro atoms. The van der Waals surface area contributed by atoms with E-state index in [2.05, 4.69) is 174 Å². The summed E-state index contributed by atoms with van der Waals surface area (Å²) >= 11 is 0. The molecule has 5 aromatic rings. The number of benzene rings is 5. The van der Waals surface area contributed by atoms with Gasteiger partial charge in [0.15, 0.2) is 0 Å². The average molecular weight is 632 g/mol. The van der Waals surface area contributed by atoms with Crippen molar-refractivity contribution in [2.24, 2.45) is 0 Å². The lowest BCUT2D eigenvalue weighted by Gasteiger charge is -2.48. The molecule has 0 amide bonds. The van der Waals surface area contributed by atoms with Gasteiger partial charge in [-0.15, -0.1) is 0 Å². The maximum atomic E-state index is 2.58. The summed E-state index contributed by atoms with van der Waals surface area (Å²) in [6.45, 7) is 4.94. The van der Waals surface area contributed by atoms with Crippen LogP contribution in [0.15, 0.2) is 168 Å². The average Bonchev–Trinajstić information content (AvgIpc) is 3.15. The predicted molar refractivity (Wildman–Crippen MR) is 207 cm³/mol. The van der Waals surface area contributed by atoms with Gasteiger partial charge in [-0.2, -0.15) is 0 Å². The lowest BCUT2D eigenvalue weighted by Crippen LogP contribution is -2.56. The van der Waals surface area contributed by atoms with Crippen molar-refractivity contribution in [3.8, 4) is 0 Å². The van der Waals surface area contributed by atoms with E-state index in [9.17, 15) is 0 Å². The van der Waals surface area contributed by atoms with Gasteiger partial charge in [-0.05, 0) is 102 Å². The van der Waals surface area contributed by atoms with E-state index in [1.165, 1.54) is 78.7 Å². The second-order valence-corrected chi connectivity index (χ2v) is 14.3. The van der Waals surface area contributed by atoms with Crippen molar-refractivity contribution in [2.45, 2.75) is 44.9 Å². The summed E-state index contributed by atoms with van der Waals surface area (Å²) in [7, 11) is 0. The summed E-state index contributed by atoms with van der Waals surface area (Å²) in [6.07, 6.45) is 14.0. The molecule has 4 heteroatoms. The number of nitrogens with zero attached hydrogens (tertiary/aromatic N) is 3. The summed E-state index contributed by atoms with van der Waals surface area (Å²) in [4.78, 5) is 7.66. The predicted octanol–water partition coefficient (Wildman–Crippen LogP) is 10.4. The van der Waals surface area contributed by atoms with Gasteiger partial charge in [0.2, 0.25) is 0 Å². The van der Waals surface area contributed by atoms with Crippen LogP contribution in [-0.4, -0.2) is 6.71 Å². The Hall–Kier alpha value is -5.48. The highest BCUT2D eigenvalue weighted by atomic mass is 15.2. The minimum atomic E-state index is -0.0772. The van der Waals surface area contributed by atoms with E-state index in [-0.39, 0.29) is 12.1 Å². The zero-order valence-electron chi connectivity index (χ0n) is 28.1. The highest BCUT2D eigenvalue weighted by Crippen LogP contribution is 2.54. The van der Waals surface area contributed by atoms with Gasteiger partial charge in [0.05, 0.1) is 11.4 Å². The molecule has 0 aromatic heterocycles. The smallest absolute Gasteiger partial charge is 0.251 e. The Kier molecular flexibility index (Phi) is 6.27. The monoisotopic (exact) mass is 631 g/mol. The van der Waals surface area contributed by atoms with Crippen LogP contribution in [0.1, 0.15) is 45.1 Å². The number of fused-ring (bicyclic) bond motifs is 5. The van der Waals surface area contributed by atoms with Crippen LogP contribution in [0, 0.1) is 0 Å². The Balaban J connectivity index is 1.32. The van der Waals surface area contributed by atoms with E-state index >= 15 is 0 Å². The molecule has 0 saturated carbocycles. The molecule has 5 aromatic carbocycles. The molecular formula is C45H38BN3. The van der Waals surface area contributed by atoms with Crippen molar-refractivity contribution in [1.82, 2.24) is 0 Å². The first-order valence-corrected chi connectivity index (χ1v) is 17.8. The molecule has 236 valence electrons. The minimum Gasteiger partial charge on any atom is -0.315 e. The molecule has 2 aliphatic carbocycles. The fourth-order valence-electron chi connectivity index (χ4n) is 9.19. The van der Waals surface area contributed by atoms with Crippen molar-refractivity contribution in [3.63, 3.8) is 0 Å². The molecule has 0 saturated heterocycles. The fraction of sp³-hybridized carbons (Fsp3) is 0.156. The van der Waals surface area contributed by atoms with Crippen LogP contribution in [0.25, 0.3) is 0 Å². The van der Waals surface area contributed by atoms with Crippen LogP contribution in [0.3, 0.4) is 0 Å². The van der Waals surface area contributed by atoms with Gasteiger partial charge in [0.25, 0.3) is 6.71 Å². The third kappa shape index (κ3) is 4.10. The molecule has 0 bridgehead atoms. The molecule has 3 nitrogen and oxygen atoms in total. The van der Waals surface area contributed by atoms with Crippen molar-refractivity contribution < 1.29 is 0 Å². The largest absolute Gasteiger partial charge is 0.315 e. The van der Waals surface area contributed by atoms with Crippen LogP contribution in [0.5, 0.6) is 0 Å². The molecule has 0 radical (unpaired) electrons. The van der Waals surface area contributed by atoms with Crippen LogP contribution < -0.4 is 25.6 Å². The first-order valence-electron chi connectivity index (χ1n) is 17.8. The zero-order valence-corrected chi connectivity index (χ0v) is 28.1. The van der Waals surface area contributed by atoms with Gasteiger partial charge >= 0.3 is 0 Å². The van der Waals surface area contributed by atoms with E-state index < -0.39 is 0 Å². The van der Waals surface area contributed by atoms with Gasteiger partial charge in [0, 0.05) is 45.2 Å². The molecule has 10 rings (SSSR count). The van der Waals surface area contributed by atoms with Gasteiger partial charge in [-0.1, -0.05) is 111 Å². The van der Waals surface area contributed by atoms with E-state index in [0.29, 0.717) is 0 Å². The second-order valence-electron chi connectivity index (χ2n) is 14.3. The topological polar surface area (TPSA) is 9.72 Å². The maximum Gasteiger partial charge on any atom is 0.251 e. The Morgan fingerprint density at radius 3 is 1.98 bits per heavy atom. The number of allylic oxidation sites excluding steroid dienone is 7. The third-order valence-corrected chi connectivity index (χ3v) is 11.3. The number of hydrogen-bond donors (Lipinski definition) is 0. The van der Waals surface area contributed by atoms with E-state index in [1.54, 1.807) is 0 Å². The van der Waals surface area contributed by atoms with Crippen LogP contribution in [-0.2, 0) is 5.41 Å². The van der Waals surface area contributed by atoms with E-state index in [0.717, 1.165) is 25.7 Å². The fourth-order valence-corrected chi connectivity index (χ4v) is 9.19. The van der Waals surface area contributed by atoms with Crippen LogP contribution in [0.4, 0.5) is 39.8 Å². The first kappa shape index (κ1) is 28.5. The van der Waals surface area contributed by atoms with Gasteiger partial charge in [-0.3, -0.25) is 0 Å². The molecule has 0 unspecified atom stereocenters. The number of rotatable bonds is 3. The summed E-state index contributed by atoms with van der Waals surface area (Å²) in [5, 5.41) is 0. The number of para-hydroxylation sites is 4. The van der Waals surface area contributed by atoms with Gasteiger partial charge in [0.1, 0.15) is 0 Å². The highest BCUT2D eigenvalue weighted by molar-refractivity contribution is 6.95. The van der Waals surface area contributed by atoms with Crippen molar-refractivity contribution in [3.05, 3.63) is 174 Å². The molecule has 0 fully saturated rings. The summed E-state index contributed by atoms with van der Waals surface area (Å²) in [5.41, 5.74) is 18.3. The molecule has 3 heterocycles. The first-order chi connectivity index (χ1) is 24.1. The Morgan fingerprint density at radius 2 is 1.20 bits per heavy atom. The third-order valence-electron chi connectivity index (χ3n) is 11.3. The molecule has 5 aliphatic rings. The zero-order chi connectivity index (χ0) is 32.7. The number of anilines is 7. The summed E-state index contributed by atoms with van der Waals surface area (Å²) in [6, 6.07) is 45.1. The Labute approximate surface area is 289 Å². The van der Waals surface area contributed by atoms with Crippen LogP contribution >= 0.6 is 0 Å². The van der Waals surface area contributed by atoms with E-state index in [1.807, 2.05) is 0 Å². The van der Waals surface area contributed by atoms with Crippen LogP contribution in [0.2, 0.25) is 0 Å². The maximum absolute atomic E-state index is 2.58. The lowest BCUT2D eigenvalue weighted by molar-refractivity contribution is 0.603. The SMILES string of the molecule is CC1(C)C2=CCCC=C2N(c2cc3c4c(c2)N(c2ccccc2)c2ccccc2B4C2=C(CCC=C2)N3c2ccccc2)c2ccccc21. The summed E-state index contributed by atoms with van der Waals surface area (Å²) in [5.74, 6) is 0. The van der Waals surface area contributed by atoms with Crippen molar-refractivity contribution >= 4 is 57.5 Å². The van der Waals surface area contributed by atoms with Gasteiger partial charge in [-0.25, -0.2) is 0 Å². The van der Waals surface area contributed by atoms with Crippen molar-refractivity contribution in [1.29, 1.82) is 0 Å². The minimum absolute atomic E-state index is 0.0772. The Bertz CT molecular complexity index is 2280. The van der Waals surface area contributed by atoms with Crippen molar-refractivity contribution in [2.75, 3.05) is 14.7 Å². The quantitative estimate of drug-likeness (QED) is 0.184. The lowest BCUT2D eigenvalue weighted by atomic mass is 9.32. The summed E-state index contributed by atoms with van der Waals surface area (Å²) < 4.78 is 0. The molecule has 0 atom stereocenters. The van der Waals surface area contributed by atoms with Gasteiger partial charge < -0.3 is 14.7 Å². The molecule has 3 aliphatic heterocycles. The second kappa shape index (κ2) is 10.8. The number of hydrogen-bond acceptors (Lipinski definition) is 3.